The number of carbonyl (C=O) groups excluding carboxylic acids is 1. The molecular formula is C9H13NO. The maximum absolute atomic E-state index is 11.2. The van der Waals surface area contributed by atoms with Gasteiger partial charge >= 0.3 is 0 Å². The zero-order valence-electron chi connectivity index (χ0n) is 6.84. The standard InChI is InChI=1S/C9H13NO/c1-3-5-10-7-8(4-2)6-9(10)11/h1,8H,4-7H2,2H3. The zero-order valence-corrected chi connectivity index (χ0v) is 6.84. The van der Waals surface area contributed by atoms with Crippen molar-refractivity contribution in [1.29, 1.82) is 0 Å². The second-order valence-electron chi connectivity index (χ2n) is 2.96. The van der Waals surface area contributed by atoms with Crippen LogP contribution in [0.1, 0.15) is 19.8 Å². The van der Waals surface area contributed by atoms with Gasteiger partial charge in [-0.25, -0.2) is 0 Å². The molecule has 0 spiro atoms. The second kappa shape index (κ2) is 3.43. The van der Waals surface area contributed by atoms with Gasteiger partial charge in [0.15, 0.2) is 0 Å². The van der Waals surface area contributed by atoms with E-state index in [1.165, 1.54) is 0 Å². The molecule has 1 atom stereocenters. The SMILES string of the molecule is C#CCN1CC(CC)CC1=O. The molecule has 1 saturated heterocycles. The maximum Gasteiger partial charge on any atom is 0.223 e. The van der Waals surface area contributed by atoms with E-state index in [2.05, 4.69) is 12.8 Å². The summed E-state index contributed by atoms with van der Waals surface area (Å²) in [5, 5.41) is 0. The number of hydrogen-bond acceptors (Lipinski definition) is 1. The van der Waals surface area contributed by atoms with Crippen molar-refractivity contribution in [3.63, 3.8) is 0 Å². The van der Waals surface area contributed by atoms with Crippen LogP contribution in [0.15, 0.2) is 0 Å². The zero-order chi connectivity index (χ0) is 8.27. The maximum atomic E-state index is 11.2. The van der Waals surface area contributed by atoms with E-state index >= 15 is 0 Å². The third-order valence-corrected chi connectivity index (χ3v) is 2.15. The van der Waals surface area contributed by atoms with Crippen LogP contribution in [0.5, 0.6) is 0 Å². The Morgan fingerprint density at radius 3 is 3.00 bits per heavy atom. The molecular weight excluding hydrogens is 138 g/mol. The van der Waals surface area contributed by atoms with Gasteiger partial charge in [0.25, 0.3) is 0 Å². The van der Waals surface area contributed by atoms with Gasteiger partial charge in [-0.1, -0.05) is 19.3 Å². The molecule has 0 aliphatic carbocycles. The molecule has 11 heavy (non-hydrogen) atoms. The molecule has 1 fully saturated rings. The molecule has 0 aromatic rings. The van der Waals surface area contributed by atoms with Gasteiger partial charge in [-0.3, -0.25) is 4.79 Å². The van der Waals surface area contributed by atoms with Gasteiger partial charge < -0.3 is 4.90 Å². The van der Waals surface area contributed by atoms with E-state index in [1.807, 2.05) is 0 Å². The lowest BCUT2D eigenvalue weighted by Crippen LogP contribution is -2.25. The third kappa shape index (κ3) is 1.74. The van der Waals surface area contributed by atoms with Crippen LogP contribution in [0.25, 0.3) is 0 Å². The van der Waals surface area contributed by atoms with Gasteiger partial charge in [0.1, 0.15) is 0 Å². The largest absolute Gasteiger partial charge is 0.331 e. The molecule has 1 aliphatic rings. The van der Waals surface area contributed by atoms with Crippen LogP contribution in [0.2, 0.25) is 0 Å². The Bertz CT molecular complexity index is 192. The molecule has 0 aromatic heterocycles. The Hall–Kier alpha value is -0.970. The van der Waals surface area contributed by atoms with Crippen molar-refractivity contribution in [2.24, 2.45) is 5.92 Å². The third-order valence-electron chi connectivity index (χ3n) is 2.15. The van der Waals surface area contributed by atoms with E-state index in [0.717, 1.165) is 13.0 Å². The summed E-state index contributed by atoms with van der Waals surface area (Å²) >= 11 is 0. The summed E-state index contributed by atoms with van der Waals surface area (Å²) in [7, 11) is 0. The monoisotopic (exact) mass is 151 g/mol. The highest BCUT2D eigenvalue weighted by atomic mass is 16.2. The highest BCUT2D eigenvalue weighted by molar-refractivity contribution is 5.78. The summed E-state index contributed by atoms with van der Waals surface area (Å²) in [5.74, 6) is 3.25. The molecule has 0 saturated carbocycles. The van der Waals surface area contributed by atoms with Gasteiger partial charge in [0.2, 0.25) is 5.91 Å². The first-order valence-electron chi connectivity index (χ1n) is 3.99. The van der Waals surface area contributed by atoms with Crippen molar-refractivity contribution in [2.75, 3.05) is 13.1 Å². The van der Waals surface area contributed by atoms with Gasteiger partial charge in [0.05, 0.1) is 6.54 Å². The van der Waals surface area contributed by atoms with Crippen molar-refractivity contribution in [3.8, 4) is 12.3 Å². The Balaban J connectivity index is 2.46. The van der Waals surface area contributed by atoms with Gasteiger partial charge in [-0.05, 0) is 5.92 Å². The lowest BCUT2D eigenvalue weighted by Gasteiger charge is -2.11. The van der Waals surface area contributed by atoms with Crippen molar-refractivity contribution < 1.29 is 4.79 Å². The van der Waals surface area contributed by atoms with Crippen LogP contribution >= 0.6 is 0 Å². The fourth-order valence-electron chi connectivity index (χ4n) is 1.39. The van der Waals surface area contributed by atoms with Gasteiger partial charge in [-0.2, -0.15) is 0 Å². The minimum atomic E-state index is 0.217. The van der Waals surface area contributed by atoms with Crippen LogP contribution in [-0.2, 0) is 4.79 Å². The van der Waals surface area contributed by atoms with E-state index in [0.29, 0.717) is 18.9 Å². The van der Waals surface area contributed by atoms with E-state index in [-0.39, 0.29) is 5.91 Å². The summed E-state index contributed by atoms with van der Waals surface area (Å²) in [6.07, 6.45) is 6.88. The minimum absolute atomic E-state index is 0.217. The van der Waals surface area contributed by atoms with Crippen LogP contribution in [0.3, 0.4) is 0 Å². The molecule has 1 unspecified atom stereocenters. The van der Waals surface area contributed by atoms with Gasteiger partial charge in [0, 0.05) is 13.0 Å². The van der Waals surface area contributed by atoms with Crippen LogP contribution < -0.4 is 0 Å². The van der Waals surface area contributed by atoms with Crippen molar-refractivity contribution in [2.45, 2.75) is 19.8 Å². The number of amides is 1. The van der Waals surface area contributed by atoms with Crippen LogP contribution in [-0.4, -0.2) is 23.9 Å². The number of carbonyl (C=O) groups is 1. The first-order chi connectivity index (χ1) is 5.27. The van der Waals surface area contributed by atoms with Crippen molar-refractivity contribution in [3.05, 3.63) is 0 Å². The summed E-state index contributed by atoms with van der Waals surface area (Å²) in [5.41, 5.74) is 0. The van der Waals surface area contributed by atoms with E-state index in [4.69, 9.17) is 6.42 Å². The summed E-state index contributed by atoms with van der Waals surface area (Å²) in [6, 6.07) is 0. The van der Waals surface area contributed by atoms with Crippen molar-refractivity contribution >= 4 is 5.91 Å². The average molecular weight is 151 g/mol. The van der Waals surface area contributed by atoms with E-state index in [1.54, 1.807) is 4.90 Å². The topological polar surface area (TPSA) is 20.3 Å². The summed E-state index contributed by atoms with van der Waals surface area (Å²) in [6.45, 7) is 3.45. The molecule has 2 heteroatoms. The average Bonchev–Trinajstić information content (AvgIpc) is 2.33. The molecule has 1 aliphatic heterocycles. The molecule has 60 valence electrons. The predicted molar refractivity (Wildman–Crippen MR) is 43.8 cm³/mol. The highest BCUT2D eigenvalue weighted by Crippen LogP contribution is 2.19. The van der Waals surface area contributed by atoms with Crippen LogP contribution in [0, 0.1) is 18.3 Å². The Morgan fingerprint density at radius 1 is 1.82 bits per heavy atom. The Labute approximate surface area is 67.6 Å². The quantitative estimate of drug-likeness (QED) is 0.536. The summed E-state index contributed by atoms with van der Waals surface area (Å²) < 4.78 is 0. The highest BCUT2D eigenvalue weighted by Gasteiger charge is 2.26. The van der Waals surface area contributed by atoms with E-state index < -0.39 is 0 Å². The number of likely N-dealkylation sites (tertiary alicyclic amines) is 1. The molecule has 1 amide bonds. The Kier molecular flexibility index (Phi) is 2.53. The molecule has 0 bridgehead atoms. The second-order valence-corrected chi connectivity index (χ2v) is 2.96. The number of nitrogens with zero attached hydrogens (tertiary/aromatic N) is 1. The fraction of sp³-hybridized carbons (Fsp3) is 0.667. The number of rotatable bonds is 2. The Morgan fingerprint density at radius 2 is 2.55 bits per heavy atom. The number of terminal acetylenes is 1. The summed E-state index contributed by atoms with van der Waals surface area (Å²) in [4.78, 5) is 12.9. The van der Waals surface area contributed by atoms with Gasteiger partial charge in [-0.15, -0.1) is 6.42 Å². The molecule has 1 rings (SSSR count). The molecule has 0 radical (unpaired) electrons. The molecule has 0 aromatic carbocycles. The smallest absolute Gasteiger partial charge is 0.223 e. The predicted octanol–water partition coefficient (Wildman–Crippen LogP) is 0.878. The molecule has 2 nitrogen and oxygen atoms in total. The van der Waals surface area contributed by atoms with Crippen molar-refractivity contribution in [1.82, 2.24) is 4.90 Å². The molecule has 1 heterocycles. The van der Waals surface area contributed by atoms with E-state index in [9.17, 15) is 4.79 Å². The first-order valence-corrected chi connectivity index (χ1v) is 3.99. The fourth-order valence-corrected chi connectivity index (χ4v) is 1.39. The minimum Gasteiger partial charge on any atom is -0.331 e. The lowest BCUT2D eigenvalue weighted by molar-refractivity contribution is -0.127. The number of hydrogen-bond donors (Lipinski definition) is 0. The molecule has 0 N–H and O–H groups in total. The normalized spacial score (nSPS) is 23.8. The lowest BCUT2D eigenvalue weighted by atomic mass is 10.1. The first kappa shape index (κ1) is 8.13. The van der Waals surface area contributed by atoms with Crippen LogP contribution in [0.4, 0.5) is 0 Å².